The molecule has 242 valence electrons. The van der Waals surface area contributed by atoms with E-state index < -0.39 is 40.2 Å². The van der Waals surface area contributed by atoms with Crippen LogP contribution in [0.5, 0.6) is 11.5 Å². The van der Waals surface area contributed by atoms with Gasteiger partial charge in [0, 0.05) is 26.1 Å². The first-order valence-corrected chi connectivity index (χ1v) is 16.0. The molecule has 0 aromatic heterocycles. The van der Waals surface area contributed by atoms with Crippen molar-refractivity contribution in [3.63, 3.8) is 0 Å². The van der Waals surface area contributed by atoms with Gasteiger partial charge < -0.3 is 19.7 Å². The van der Waals surface area contributed by atoms with E-state index in [2.05, 4.69) is 5.32 Å². The van der Waals surface area contributed by atoms with Crippen molar-refractivity contribution in [2.75, 3.05) is 32.1 Å². The van der Waals surface area contributed by atoms with Crippen LogP contribution in [-0.4, -0.2) is 59.0 Å². The molecular formula is C35H38FN3O6S. The average Bonchev–Trinajstić information content (AvgIpc) is 3.05. The SMILES string of the molecule is CNC(=O)C(Cc1ccccc1)N(Cc1ccc(F)cc1)C(=O)CN(c1cc(C)cc(C)c1)S(=O)(=O)c1ccc(OC)c(OC)c1. The molecule has 46 heavy (non-hydrogen) atoms. The number of hydrogen-bond donors (Lipinski definition) is 1. The Morgan fingerprint density at radius 2 is 1.46 bits per heavy atom. The summed E-state index contributed by atoms with van der Waals surface area (Å²) in [4.78, 5) is 29.1. The van der Waals surface area contributed by atoms with Crippen LogP contribution in [0.4, 0.5) is 10.1 Å². The fraction of sp³-hybridized carbons (Fsp3) is 0.257. The second-order valence-electron chi connectivity index (χ2n) is 10.8. The fourth-order valence-electron chi connectivity index (χ4n) is 5.23. The second-order valence-corrected chi connectivity index (χ2v) is 12.7. The Balaban J connectivity index is 1.83. The van der Waals surface area contributed by atoms with Gasteiger partial charge in [-0.25, -0.2) is 12.8 Å². The summed E-state index contributed by atoms with van der Waals surface area (Å²) in [6.45, 7) is 2.98. The van der Waals surface area contributed by atoms with Gasteiger partial charge in [0.15, 0.2) is 11.5 Å². The van der Waals surface area contributed by atoms with Crippen LogP contribution < -0.4 is 19.1 Å². The van der Waals surface area contributed by atoms with Crippen molar-refractivity contribution in [2.24, 2.45) is 0 Å². The molecule has 0 bridgehead atoms. The number of ether oxygens (including phenoxy) is 2. The van der Waals surface area contributed by atoms with E-state index >= 15 is 0 Å². The zero-order chi connectivity index (χ0) is 33.4. The van der Waals surface area contributed by atoms with Crippen molar-refractivity contribution >= 4 is 27.5 Å². The first kappa shape index (κ1) is 34.0. The lowest BCUT2D eigenvalue weighted by atomic mass is 10.0. The zero-order valence-corrected chi connectivity index (χ0v) is 27.3. The molecule has 0 radical (unpaired) electrons. The molecule has 0 saturated heterocycles. The van der Waals surface area contributed by atoms with E-state index in [9.17, 15) is 22.4 Å². The van der Waals surface area contributed by atoms with Crippen LogP contribution in [0, 0.1) is 19.7 Å². The summed E-state index contributed by atoms with van der Waals surface area (Å²) < 4.78 is 54.2. The number of halogens is 1. The van der Waals surface area contributed by atoms with Gasteiger partial charge in [-0.05, 0) is 72.5 Å². The number of aryl methyl sites for hydroxylation is 2. The van der Waals surface area contributed by atoms with Gasteiger partial charge in [-0.3, -0.25) is 13.9 Å². The molecule has 0 fully saturated rings. The summed E-state index contributed by atoms with van der Waals surface area (Å²) in [7, 11) is -0.0399. The van der Waals surface area contributed by atoms with Crippen molar-refractivity contribution in [3.05, 3.63) is 119 Å². The van der Waals surface area contributed by atoms with Crippen LogP contribution in [0.15, 0.2) is 95.9 Å². The Kier molecular flexibility index (Phi) is 11.0. The number of hydrogen-bond acceptors (Lipinski definition) is 6. The number of rotatable bonds is 13. The van der Waals surface area contributed by atoms with Crippen molar-refractivity contribution in [2.45, 2.75) is 37.8 Å². The standard InChI is InChI=1S/C35H38FN3O6S/c1-24-17-25(2)19-29(18-24)39(46(42,43)30-15-16-32(44-4)33(21-30)45-5)23-34(40)38(22-27-11-13-28(36)14-12-27)31(35(41)37-3)20-26-9-7-6-8-10-26/h6-19,21,31H,20,22-23H2,1-5H3,(H,37,41). The molecule has 0 aliphatic rings. The molecule has 0 saturated carbocycles. The van der Waals surface area contributed by atoms with E-state index in [4.69, 9.17) is 9.47 Å². The topological polar surface area (TPSA) is 105 Å². The summed E-state index contributed by atoms with van der Waals surface area (Å²) in [5, 5.41) is 2.64. The van der Waals surface area contributed by atoms with Gasteiger partial charge in [0.05, 0.1) is 24.8 Å². The van der Waals surface area contributed by atoms with Crippen molar-refractivity contribution < 1.29 is 31.9 Å². The molecule has 4 aromatic rings. The van der Waals surface area contributed by atoms with Crippen molar-refractivity contribution in [1.82, 2.24) is 10.2 Å². The maximum absolute atomic E-state index is 14.4. The van der Waals surface area contributed by atoms with Gasteiger partial charge >= 0.3 is 0 Å². The van der Waals surface area contributed by atoms with E-state index in [1.54, 1.807) is 12.1 Å². The van der Waals surface area contributed by atoms with Gasteiger partial charge in [0.25, 0.3) is 10.0 Å². The number of benzene rings is 4. The smallest absolute Gasteiger partial charge is 0.264 e. The van der Waals surface area contributed by atoms with Gasteiger partial charge in [-0.2, -0.15) is 0 Å². The average molecular weight is 648 g/mol. The van der Waals surface area contributed by atoms with Crippen LogP contribution >= 0.6 is 0 Å². The highest BCUT2D eigenvalue weighted by Crippen LogP contribution is 2.33. The third-order valence-corrected chi connectivity index (χ3v) is 9.27. The Bertz CT molecular complexity index is 1760. The first-order chi connectivity index (χ1) is 22.0. The molecular weight excluding hydrogens is 609 g/mol. The molecule has 0 spiro atoms. The lowest BCUT2D eigenvalue weighted by Gasteiger charge is -2.33. The molecule has 0 aliphatic heterocycles. The monoisotopic (exact) mass is 647 g/mol. The molecule has 1 unspecified atom stereocenters. The minimum absolute atomic E-state index is 0.0683. The largest absolute Gasteiger partial charge is 0.493 e. The quantitative estimate of drug-likeness (QED) is 0.218. The van der Waals surface area contributed by atoms with Gasteiger partial charge in [-0.15, -0.1) is 0 Å². The lowest BCUT2D eigenvalue weighted by molar-refractivity contribution is -0.139. The number of likely N-dealkylation sites (N-methyl/N-ethyl adjacent to an activating group) is 1. The Labute approximate surface area is 269 Å². The van der Waals surface area contributed by atoms with Crippen LogP contribution in [0.1, 0.15) is 22.3 Å². The summed E-state index contributed by atoms with van der Waals surface area (Å²) >= 11 is 0. The highest BCUT2D eigenvalue weighted by molar-refractivity contribution is 7.92. The first-order valence-electron chi connectivity index (χ1n) is 14.6. The van der Waals surface area contributed by atoms with Gasteiger partial charge in [0.2, 0.25) is 11.8 Å². The van der Waals surface area contributed by atoms with Gasteiger partial charge in [-0.1, -0.05) is 48.5 Å². The molecule has 1 atom stereocenters. The van der Waals surface area contributed by atoms with Crippen LogP contribution in [0.2, 0.25) is 0 Å². The van der Waals surface area contributed by atoms with E-state index in [0.717, 1.165) is 21.0 Å². The number of sulfonamides is 1. The maximum atomic E-state index is 14.4. The molecule has 4 rings (SSSR count). The summed E-state index contributed by atoms with van der Waals surface area (Å²) in [5.41, 5.74) is 3.24. The summed E-state index contributed by atoms with van der Waals surface area (Å²) in [6, 6.07) is 23.3. The molecule has 0 heterocycles. The van der Waals surface area contributed by atoms with E-state index in [1.165, 1.54) is 68.6 Å². The molecule has 11 heteroatoms. The zero-order valence-electron chi connectivity index (χ0n) is 26.5. The number of nitrogens with zero attached hydrogens (tertiary/aromatic N) is 2. The van der Waals surface area contributed by atoms with Crippen molar-refractivity contribution in [1.29, 1.82) is 0 Å². The highest BCUT2D eigenvalue weighted by atomic mass is 32.2. The van der Waals surface area contributed by atoms with E-state index in [-0.39, 0.29) is 29.3 Å². The van der Waals surface area contributed by atoms with Crippen molar-refractivity contribution in [3.8, 4) is 11.5 Å². The third kappa shape index (κ3) is 8.02. The third-order valence-electron chi connectivity index (χ3n) is 7.50. The molecule has 9 nitrogen and oxygen atoms in total. The summed E-state index contributed by atoms with van der Waals surface area (Å²) in [5.74, 6) is -0.959. The number of amides is 2. The van der Waals surface area contributed by atoms with Crippen LogP contribution in [-0.2, 0) is 32.6 Å². The molecule has 1 N–H and O–H groups in total. The molecule has 2 amide bonds. The minimum atomic E-state index is -4.36. The summed E-state index contributed by atoms with van der Waals surface area (Å²) in [6.07, 6.45) is 0.166. The Morgan fingerprint density at radius 1 is 0.826 bits per heavy atom. The Hall–Kier alpha value is -4.90. The van der Waals surface area contributed by atoms with E-state index in [1.807, 2.05) is 50.2 Å². The predicted octanol–water partition coefficient (Wildman–Crippen LogP) is 5.04. The van der Waals surface area contributed by atoms with E-state index in [0.29, 0.717) is 11.3 Å². The minimum Gasteiger partial charge on any atom is -0.493 e. The molecule has 4 aromatic carbocycles. The van der Waals surface area contributed by atoms with Gasteiger partial charge in [0.1, 0.15) is 18.4 Å². The normalized spacial score (nSPS) is 11.8. The second kappa shape index (κ2) is 14.9. The predicted molar refractivity (Wildman–Crippen MR) is 175 cm³/mol. The number of methoxy groups -OCH3 is 2. The fourth-order valence-corrected chi connectivity index (χ4v) is 6.65. The highest BCUT2D eigenvalue weighted by Gasteiger charge is 2.35. The van der Waals surface area contributed by atoms with Crippen LogP contribution in [0.3, 0.4) is 0 Å². The number of carbonyl (C=O) groups is 2. The number of nitrogens with one attached hydrogen (secondary N) is 1. The molecule has 0 aliphatic carbocycles. The Morgan fingerprint density at radius 3 is 2.04 bits per heavy atom. The number of carbonyl (C=O) groups excluding carboxylic acids is 2. The van der Waals surface area contributed by atoms with Crippen LogP contribution in [0.25, 0.3) is 0 Å². The number of anilines is 1. The lowest BCUT2D eigenvalue weighted by Crippen LogP contribution is -2.53. The maximum Gasteiger partial charge on any atom is 0.264 e.